The first kappa shape index (κ1) is 69.1. The molecule has 0 radical (unpaired) electrons. The number of hydrogen-bond donors (Lipinski definition) is 13. The van der Waals surface area contributed by atoms with Gasteiger partial charge in [0.05, 0.1) is 32.1 Å². The van der Waals surface area contributed by atoms with Crippen molar-refractivity contribution >= 4 is 65.1 Å². The van der Waals surface area contributed by atoms with Gasteiger partial charge in [0.2, 0.25) is 29.5 Å². The van der Waals surface area contributed by atoms with Crippen LogP contribution in [-0.2, 0) is 44.9 Å². The summed E-state index contributed by atoms with van der Waals surface area (Å²) in [6.45, 7) is 5.50. The summed E-state index contributed by atoms with van der Waals surface area (Å²) in [4.78, 5) is 123. The zero-order valence-electron chi connectivity index (χ0n) is 48.5. The van der Waals surface area contributed by atoms with E-state index in [-0.39, 0.29) is 114 Å². The summed E-state index contributed by atoms with van der Waals surface area (Å²) in [6, 6.07) is 21.3. The maximum Gasteiger partial charge on any atom is 0.344 e. The maximum atomic E-state index is 14.4. The Balaban J connectivity index is 1.21. The molecule has 0 aromatic heterocycles. The lowest BCUT2D eigenvalue weighted by Gasteiger charge is -2.32. The van der Waals surface area contributed by atoms with Crippen LogP contribution in [0, 0.1) is 0 Å². The second-order valence-corrected chi connectivity index (χ2v) is 20.5. The Hall–Kier alpha value is -8.40. The first-order valence-corrected chi connectivity index (χ1v) is 28.8. The molecule has 0 unspecified atom stereocenters. The number of nitrogens with zero attached hydrogens (tertiary/aromatic N) is 5. The van der Waals surface area contributed by atoms with Crippen LogP contribution in [0.5, 0.6) is 5.75 Å². The van der Waals surface area contributed by atoms with Crippen LogP contribution in [-0.4, -0.2) is 223 Å². The number of carbonyl (C=O) groups excluding carboxylic acids is 6. The molecule has 4 rings (SSSR count). The lowest BCUT2D eigenvalue weighted by molar-refractivity contribution is -0.140. The molecule has 1 heterocycles. The molecule has 14 N–H and O–H groups in total. The van der Waals surface area contributed by atoms with Gasteiger partial charge in [-0.05, 0) is 73.1 Å². The van der Waals surface area contributed by atoms with E-state index in [1.165, 1.54) is 12.1 Å². The number of anilines is 1. The van der Waals surface area contributed by atoms with E-state index in [2.05, 4.69) is 47.5 Å². The summed E-state index contributed by atoms with van der Waals surface area (Å²) in [5, 5.41) is 61.2. The molecule has 1 aliphatic heterocycles. The Labute approximate surface area is 495 Å². The zero-order chi connectivity index (χ0) is 61.8. The third-order valence-electron chi connectivity index (χ3n) is 13.7. The minimum Gasteiger partial charge on any atom is -0.508 e. The summed E-state index contributed by atoms with van der Waals surface area (Å²) in [6.07, 6.45) is 3.77. The number of amides is 7. The number of phenols is 1. The molecule has 85 heavy (non-hydrogen) atoms. The van der Waals surface area contributed by atoms with Crippen molar-refractivity contribution in [2.75, 3.05) is 123 Å². The van der Waals surface area contributed by atoms with Gasteiger partial charge in [-0.2, -0.15) is 4.99 Å². The van der Waals surface area contributed by atoms with E-state index >= 15 is 0 Å². The molecule has 0 bridgehead atoms. The second kappa shape index (κ2) is 39.2. The van der Waals surface area contributed by atoms with Crippen LogP contribution in [0.15, 0.2) is 83.9 Å². The van der Waals surface area contributed by atoms with Gasteiger partial charge in [-0.15, -0.1) is 0 Å². The monoisotopic (exact) mass is 1190 g/mol. The number of carboxylic acid groups (broad SMARTS) is 3. The predicted molar refractivity (Wildman–Crippen MR) is 318 cm³/mol. The topological polar surface area (TPSA) is 382 Å². The molecule has 27 nitrogen and oxygen atoms in total. The van der Waals surface area contributed by atoms with Crippen molar-refractivity contribution in [3.63, 3.8) is 0 Å². The largest absolute Gasteiger partial charge is 0.508 e. The average molecular weight is 1190 g/mol. The number of aromatic hydroxyl groups is 1. The number of carbonyl (C=O) groups is 9. The first-order chi connectivity index (χ1) is 40.9. The highest BCUT2D eigenvalue weighted by Crippen LogP contribution is 2.27. The highest BCUT2D eigenvalue weighted by atomic mass is 16.4. The Morgan fingerprint density at radius 2 is 1.04 bits per heavy atom. The van der Waals surface area contributed by atoms with Crippen molar-refractivity contribution in [1.29, 1.82) is 0 Å². The van der Waals surface area contributed by atoms with E-state index in [4.69, 9.17) is 5.73 Å². The molecule has 3 aromatic rings. The number of aliphatic imine (C=N–C) groups is 1. The number of nitrogens with one attached hydrogen (secondary N) is 8. The number of hydrogen-bond acceptors (Lipinski definition) is 15. The van der Waals surface area contributed by atoms with Gasteiger partial charge in [0.25, 0.3) is 0 Å². The van der Waals surface area contributed by atoms with Crippen molar-refractivity contribution in [3.8, 4) is 5.75 Å². The molecule has 2 atom stereocenters. The van der Waals surface area contributed by atoms with Crippen LogP contribution in [0.3, 0.4) is 0 Å². The molecule has 1 fully saturated rings. The second-order valence-electron chi connectivity index (χ2n) is 20.5. The van der Waals surface area contributed by atoms with Crippen molar-refractivity contribution < 1.29 is 63.6 Å². The highest BCUT2D eigenvalue weighted by molar-refractivity contribution is 5.93. The zero-order valence-corrected chi connectivity index (χ0v) is 48.5. The number of urea groups is 1. The number of aliphatic carboxylic acids is 3. The van der Waals surface area contributed by atoms with Gasteiger partial charge >= 0.3 is 23.9 Å². The fraction of sp³-hybridized carbons (Fsp3) is 0.517. The summed E-state index contributed by atoms with van der Waals surface area (Å²) < 4.78 is 0. The normalized spacial score (nSPS) is 14.7. The lowest BCUT2D eigenvalue weighted by atomic mass is 9.90. The molecule has 0 aliphatic carbocycles. The van der Waals surface area contributed by atoms with Crippen LogP contribution in [0.2, 0.25) is 0 Å². The summed E-state index contributed by atoms with van der Waals surface area (Å²) in [5.41, 5.74) is 8.85. The van der Waals surface area contributed by atoms with Crippen LogP contribution in [0.1, 0.15) is 80.9 Å². The smallest absolute Gasteiger partial charge is 0.344 e. The lowest BCUT2D eigenvalue weighted by Crippen LogP contribution is -2.49. The number of nitrogens with two attached hydrogens (primary N) is 1. The minimum absolute atomic E-state index is 0.0190. The molecule has 0 spiro atoms. The average Bonchev–Trinajstić information content (AvgIpc) is 3.59. The molecule has 466 valence electrons. The minimum atomic E-state index is -1.04. The molecule has 7 amide bonds. The number of carboxylic acids is 3. The SMILES string of the molecule is CCC(=O)NCCNC(=O)/N=C(/N)NCCC[C@@H](NC(=O)[C@@H](c1ccccc1)c1ccc(NCCCNC(=O)CCCCCNC(=O)CN2CCN(CC(=O)O)CCN(CC(=O)O)CCN(CC(=O)O)CC2)cc1)C(=O)NCc1ccc(O)cc1. The fourth-order valence-corrected chi connectivity index (χ4v) is 9.09. The molecule has 1 saturated heterocycles. The van der Waals surface area contributed by atoms with Gasteiger partial charge in [-0.25, -0.2) is 4.79 Å². The van der Waals surface area contributed by atoms with Crippen molar-refractivity contribution in [1.82, 2.24) is 56.8 Å². The van der Waals surface area contributed by atoms with E-state index in [0.29, 0.717) is 102 Å². The van der Waals surface area contributed by atoms with Gasteiger partial charge in [0.1, 0.15) is 11.8 Å². The molecular formula is C58H86N14O13. The number of rotatable bonds is 34. The highest BCUT2D eigenvalue weighted by Gasteiger charge is 2.28. The quantitative estimate of drug-likeness (QED) is 0.0217. The summed E-state index contributed by atoms with van der Waals surface area (Å²) in [5.74, 6) is -5.27. The van der Waals surface area contributed by atoms with Crippen LogP contribution < -0.4 is 48.3 Å². The van der Waals surface area contributed by atoms with Crippen molar-refractivity contribution in [2.24, 2.45) is 10.7 Å². The van der Waals surface area contributed by atoms with E-state index in [0.717, 1.165) is 11.3 Å². The van der Waals surface area contributed by atoms with Crippen LogP contribution in [0.25, 0.3) is 0 Å². The Kier molecular flexibility index (Phi) is 31.9. The number of guanidine groups is 1. The third kappa shape index (κ3) is 29.6. The van der Waals surface area contributed by atoms with E-state index in [9.17, 15) is 63.6 Å². The van der Waals surface area contributed by atoms with Gasteiger partial charge in [-0.1, -0.05) is 67.9 Å². The number of phenolic OH excluding ortho intramolecular Hbond substituents is 1. The predicted octanol–water partition coefficient (Wildman–Crippen LogP) is 0.316. The van der Waals surface area contributed by atoms with Crippen molar-refractivity contribution in [3.05, 3.63) is 95.6 Å². The fourth-order valence-electron chi connectivity index (χ4n) is 9.09. The van der Waals surface area contributed by atoms with E-state index in [1.807, 2.05) is 59.5 Å². The third-order valence-corrected chi connectivity index (χ3v) is 13.7. The summed E-state index contributed by atoms with van der Waals surface area (Å²) in [7, 11) is 0. The number of benzene rings is 3. The molecule has 3 aromatic carbocycles. The molecule has 1 aliphatic rings. The van der Waals surface area contributed by atoms with Gasteiger partial charge in [0.15, 0.2) is 5.96 Å². The van der Waals surface area contributed by atoms with Crippen molar-refractivity contribution in [2.45, 2.75) is 76.8 Å². The van der Waals surface area contributed by atoms with Crippen LogP contribution >= 0.6 is 0 Å². The van der Waals surface area contributed by atoms with E-state index < -0.39 is 47.7 Å². The number of unbranched alkanes of at least 4 members (excludes halogenated alkanes) is 2. The molecular weight excluding hydrogens is 1100 g/mol. The van der Waals surface area contributed by atoms with E-state index in [1.54, 1.807) is 33.8 Å². The Bertz CT molecular complexity index is 2580. The maximum absolute atomic E-state index is 14.4. The standard InChI is InChI=1S/C58H86N14O13/c1-2-48(74)63-27-28-65-58(85)68-57(59)64-24-9-13-47(55(83)66-37-42-15-21-46(73)22-16-42)67-56(84)54(43-11-5-3-6-12-43)44-17-19-45(20-18-44)60-25-10-26-61-49(75)14-7-4-8-23-62-50(76)38-69-29-31-70(39-51(77)78)33-35-72(41-53(81)82)36-34-71(32-30-69)40-52(79)80/h3,5-6,11-12,15-22,47,54,60,73H,2,4,7-10,13-14,23-41H2,1H3,(H,61,75)(H,62,76)(H,63,74)(H,66,83)(H,67,84)(H,77,78)(H,79,80)(H,81,82)(H4,59,64,65,68,85)/t47-,54+/m1/s1. The van der Waals surface area contributed by atoms with Crippen LogP contribution in [0.4, 0.5) is 10.5 Å². The Morgan fingerprint density at radius 1 is 0.518 bits per heavy atom. The Morgan fingerprint density at radius 3 is 1.61 bits per heavy atom. The summed E-state index contributed by atoms with van der Waals surface area (Å²) >= 11 is 0. The van der Waals surface area contributed by atoms with Gasteiger partial charge in [-0.3, -0.25) is 58.0 Å². The first-order valence-electron chi connectivity index (χ1n) is 28.8. The molecule has 0 saturated carbocycles. The van der Waals surface area contributed by atoms with Gasteiger partial charge in [0, 0.05) is 117 Å². The molecule has 27 heteroatoms. The van der Waals surface area contributed by atoms with Gasteiger partial charge < -0.3 is 68.7 Å².